The van der Waals surface area contributed by atoms with E-state index < -0.39 is 0 Å². The second-order valence-electron chi connectivity index (χ2n) is 4.71. The van der Waals surface area contributed by atoms with Gasteiger partial charge >= 0.3 is 0 Å². The molecule has 1 aliphatic heterocycles. The SMILES string of the molecule is CCCCCCNC(=O)C1CCCCCN1. The Morgan fingerprint density at radius 2 is 2.12 bits per heavy atom. The van der Waals surface area contributed by atoms with Crippen LogP contribution in [0.15, 0.2) is 0 Å². The van der Waals surface area contributed by atoms with Gasteiger partial charge < -0.3 is 10.6 Å². The Morgan fingerprint density at radius 1 is 1.25 bits per heavy atom. The van der Waals surface area contributed by atoms with E-state index >= 15 is 0 Å². The monoisotopic (exact) mass is 226 g/mol. The lowest BCUT2D eigenvalue weighted by Crippen LogP contribution is -2.43. The fourth-order valence-corrected chi connectivity index (χ4v) is 2.14. The highest BCUT2D eigenvalue weighted by molar-refractivity contribution is 5.81. The number of amides is 1. The van der Waals surface area contributed by atoms with Gasteiger partial charge in [0.1, 0.15) is 0 Å². The Morgan fingerprint density at radius 3 is 2.94 bits per heavy atom. The van der Waals surface area contributed by atoms with E-state index in [-0.39, 0.29) is 11.9 Å². The molecule has 1 unspecified atom stereocenters. The van der Waals surface area contributed by atoms with Gasteiger partial charge in [-0.3, -0.25) is 4.79 Å². The van der Waals surface area contributed by atoms with E-state index in [1.807, 2.05) is 0 Å². The molecule has 0 aliphatic carbocycles. The number of rotatable bonds is 6. The van der Waals surface area contributed by atoms with Crippen molar-refractivity contribution in [2.24, 2.45) is 0 Å². The molecule has 0 aromatic carbocycles. The normalized spacial score (nSPS) is 21.4. The van der Waals surface area contributed by atoms with E-state index in [2.05, 4.69) is 17.6 Å². The van der Waals surface area contributed by atoms with Crippen LogP contribution in [0.4, 0.5) is 0 Å². The molecule has 0 aromatic rings. The van der Waals surface area contributed by atoms with Crippen LogP contribution in [0, 0.1) is 0 Å². The third-order valence-electron chi connectivity index (χ3n) is 3.21. The maximum absolute atomic E-state index is 11.8. The van der Waals surface area contributed by atoms with Crippen molar-refractivity contribution in [2.75, 3.05) is 13.1 Å². The molecule has 1 fully saturated rings. The third kappa shape index (κ3) is 5.50. The van der Waals surface area contributed by atoms with Crippen molar-refractivity contribution < 1.29 is 4.79 Å². The maximum Gasteiger partial charge on any atom is 0.237 e. The van der Waals surface area contributed by atoms with Gasteiger partial charge in [-0.25, -0.2) is 0 Å². The van der Waals surface area contributed by atoms with Crippen LogP contribution in [0.25, 0.3) is 0 Å². The predicted molar refractivity (Wildman–Crippen MR) is 67.4 cm³/mol. The molecule has 1 aliphatic rings. The lowest BCUT2D eigenvalue weighted by atomic mass is 10.1. The minimum absolute atomic E-state index is 0.0636. The summed E-state index contributed by atoms with van der Waals surface area (Å²) in [6.45, 7) is 4.04. The van der Waals surface area contributed by atoms with E-state index in [0.29, 0.717) is 0 Å². The number of carbonyl (C=O) groups excluding carboxylic acids is 1. The first kappa shape index (κ1) is 13.5. The summed E-state index contributed by atoms with van der Waals surface area (Å²) >= 11 is 0. The zero-order valence-electron chi connectivity index (χ0n) is 10.6. The summed E-state index contributed by atoms with van der Waals surface area (Å²) < 4.78 is 0. The quantitative estimate of drug-likeness (QED) is 0.682. The molecule has 94 valence electrons. The van der Waals surface area contributed by atoms with Gasteiger partial charge in [-0.2, -0.15) is 0 Å². The van der Waals surface area contributed by atoms with Gasteiger partial charge in [-0.05, 0) is 25.8 Å². The highest BCUT2D eigenvalue weighted by atomic mass is 16.2. The van der Waals surface area contributed by atoms with Crippen LogP contribution in [0.5, 0.6) is 0 Å². The number of carbonyl (C=O) groups is 1. The van der Waals surface area contributed by atoms with E-state index in [9.17, 15) is 4.79 Å². The fourth-order valence-electron chi connectivity index (χ4n) is 2.14. The van der Waals surface area contributed by atoms with E-state index in [0.717, 1.165) is 25.9 Å². The highest BCUT2D eigenvalue weighted by Gasteiger charge is 2.18. The molecule has 16 heavy (non-hydrogen) atoms. The van der Waals surface area contributed by atoms with Crippen LogP contribution >= 0.6 is 0 Å². The molecule has 3 heteroatoms. The van der Waals surface area contributed by atoms with E-state index in [1.54, 1.807) is 0 Å². The van der Waals surface area contributed by atoms with Crippen LogP contribution in [0.3, 0.4) is 0 Å². The molecule has 0 saturated carbocycles. The smallest absolute Gasteiger partial charge is 0.237 e. The average Bonchev–Trinajstić information content (AvgIpc) is 2.57. The molecule has 0 aromatic heterocycles. The van der Waals surface area contributed by atoms with Crippen LogP contribution in [0.1, 0.15) is 58.3 Å². The zero-order chi connectivity index (χ0) is 11.6. The standard InChI is InChI=1S/C13H26N2O/c1-2-3-4-7-11-15-13(16)12-9-6-5-8-10-14-12/h12,14H,2-11H2,1H3,(H,15,16). The summed E-state index contributed by atoms with van der Waals surface area (Å²) in [4.78, 5) is 11.8. The second-order valence-corrected chi connectivity index (χ2v) is 4.71. The Labute approximate surface area is 99.4 Å². The summed E-state index contributed by atoms with van der Waals surface area (Å²) in [6, 6.07) is 0.0636. The molecule has 1 saturated heterocycles. The van der Waals surface area contributed by atoms with Crippen molar-refractivity contribution in [3.8, 4) is 0 Å². The van der Waals surface area contributed by atoms with Crippen LogP contribution in [-0.2, 0) is 4.79 Å². The lowest BCUT2D eigenvalue weighted by molar-refractivity contribution is -0.123. The van der Waals surface area contributed by atoms with Crippen LogP contribution in [0.2, 0.25) is 0 Å². The van der Waals surface area contributed by atoms with Crippen LogP contribution < -0.4 is 10.6 Å². The molecule has 0 bridgehead atoms. The zero-order valence-corrected chi connectivity index (χ0v) is 10.6. The first-order valence-corrected chi connectivity index (χ1v) is 6.85. The fraction of sp³-hybridized carbons (Fsp3) is 0.923. The maximum atomic E-state index is 11.8. The summed E-state index contributed by atoms with van der Waals surface area (Å²) in [5, 5.41) is 6.36. The molecule has 0 radical (unpaired) electrons. The molecule has 2 N–H and O–H groups in total. The van der Waals surface area contributed by atoms with E-state index in [4.69, 9.17) is 0 Å². The minimum atomic E-state index is 0.0636. The summed E-state index contributed by atoms with van der Waals surface area (Å²) in [5.74, 6) is 0.207. The average molecular weight is 226 g/mol. The summed E-state index contributed by atoms with van der Waals surface area (Å²) in [7, 11) is 0. The van der Waals surface area contributed by atoms with Gasteiger partial charge in [0.25, 0.3) is 0 Å². The van der Waals surface area contributed by atoms with Crippen molar-refractivity contribution in [1.82, 2.24) is 10.6 Å². The van der Waals surface area contributed by atoms with Crippen molar-refractivity contribution in [1.29, 1.82) is 0 Å². The summed E-state index contributed by atoms with van der Waals surface area (Å²) in [6.07, 6.45) is 9.52. The summed E-state index contributed by atoms with van der Waals surface area (Å²) in [5.41, 5.74) is 0. The van der Waals surface area contributed by atoms with Gasteiger partial charge in [-0.15, -0.1) is 0 Å². The van der Waals surface area contributed by atoms with Crippen molar-refractivity contribution in [3.63, 3.8) is 0 Å². The predicted octanol–water partition coefficient (Wildman–Crippen LogP) is 2.22. The Balaban J connectivity index is 2.08. The third-order valence-corrected chi connectivity index (χ3v) is 3.21. The molecule has 1 heterocycles. The molecule has 1 amide bonds. The van der Waals surface area contributed by atoms with Crippen molar-refractivity contribution in [3.05, 3.63) is 0 Å². The number of unbranched alkanes of at least 4 members (excludes halogenated alkanes) is 3. The van der Waals surface area contributed by atoms with Crippen molar-refractivity contribution in [2.45, 2.75) is 64.3 Å². The van der Waals surface area contributed by atoms with Gasteiger partial charge in [-0.1, -0.05) is 39.0 Å². The van der Waals surface area contributed by atoms with E-state index in [1.165, 1.54) is 38.5 Å². The van der Waals surface area contributed by atoms with Crippen molar-refractivity contribution >= 4 is 5.91 Å². The number of nitrogens with one attached hydrogen (secondary N) is 2. The first-order valence-electron chi connectivity index (χ1n) is 6.85. The molecule has 0 spiro atoms. The largest absolute Gasteiger partial charge is 0.355 e. The Kier molecular flexibility index (Phi) is 7.23. The topological polar surface area (TPSA) is 41.1 Å². The minimum Gasteiger partial charge on any atom is -0.355 e. The van der Waals surface area contributed by atoms with Gasteiger partial charge in [0.05, 0.1) is 6.04 Å². The lowest BCUT2D eigenvalue weighted by Gasteiger charge is -2.15. The molecule has 1 rings (SSSR count). The Bertz CT molecular complexity index is 186. The number of hydrogen-bond acceptors (Lipinski definition) is 2. The molecular formula is C13H26N2O. The van der Waals surface area contributed by atoms with Crippen LogP contribution in [-0.4, -0.2) is 25.0 Å². The molecular weight excluding hydrogens is 200 g/mol. The van der Waals surface area contributed by atoms with Gasteiger partial charge in [0.2, 0.25) is 5.91 Å². The molecule has 3 nitrogen and oxygen atoms in total. The molecule has 1 atom stereocenters. The number of hydrogen-bond donors (Lipinski definition) is 2. The second kappa shape index (κ2) is 8.57. The van der Waals surface area contributed by atoms with Gasteiger partial charge in [0, 0.05) is 6.54 Å². The highest BCUT2D eigenvalue weighted by Crippen LogP contribution is 2.08. The van der Waals surface area contributed by atoms with Gasteiger partial charge in [0.15, 0.2) is 0 Å². The Hall–Kier alpha value is -0.570. The first-order chi connectivity index (χ1) is 7.84.